The van der Waals surface area contributed by atoms with Crippen molar-refractivity contribution in [1.29, 1.82) is 0 Å². The molecule has 3 nitrogen and oxygen atoms in total. The van der Waals surface area contributed by atoms with Crippen LogP contribution in [0.2, 0.25) is 10.0 Å². The van der Waals surface area contributed by atoms with Crippen molar-refractivity contribution in [1.82, 2.24) is 10.6 Å². The Labute approximate surface area is 157 Å². The highest BCUT2D eigenvalue weighted by Crippen LogP contribution is 2.27. The van der Waals surface area contributed by atoms with Gasteiger partial charge in [-0.3, -0.25) is 4.79 Å². The van der Waals surface area contributed by atoms with Gasteiger partial charge < -0.3 is 10.6 Å². The Morgan fingerprint density at radius 3 is 2.61 bits per heavy atom. The summed E-state index contributed by atoms with van der Waals surface area (Å²) in [7, 11) is 0. The molecule has 2 atom stereocenters. The zero-order chi connectivity index (χ0) is 15.5. The van der Waals surface area contributed by atoms with Crippen molar-refractivity contribution < 1.29 is 4.79 Å². The SMILES string of the molecule is Cl.O=C(CSCc1ccc(Cl)cc1Cl)NC1CC2CCC(C1)N2. The van der Waals surface area contributed by atoms with Crippen LogP contribution < -0.4 is 10.6 Å². The van der Waals surface area contributed by atoms with Crippen LogP contribution in [-0.4, -0.2) is 29.8 Å². The van der Waals surface area contributed by atoms with E-state index in [9.17, 15) is 4.79 Å². The standard InChI is InChI=1S/C16H20Cl2N2OS.ClH/c17-11-2-1-10(15(18)5-11)8-22-9-16(21)20-14-6-12-3-4-13(7-14)19-12;/h1-2,5,12-14,19H,3-4,6-9H2,(H,20,21);1H. The van der Waals surface area contributed by atoms with Gasteiger partial charge in [-0.1, -0.05) is 29.3 Å². The molecule has 2 saturated heterocycles. The maximum atomic E-state index is 12.1. The van der Waals surface area contributed by atoms with E-state index in [1.807, 2.05) is 12.1 Å². The Balaban J connectivity index is 0.00000192. The van der Waals surface area contributed by atoms with Gasteiger partial charge in [-0.05, 0) is 43.4 Å². The summed E-state index contributed by atoms with van der Waals surface area (Å²) in [5, 5.41) is 8.06. The number of piperidine rings is 1. The van der Waals surface area contributed by atoms with Crippen LogP contribution in [0.25, 0.3) is 0 Å². The molecule has 7 heteroatoms. The number of carbonyl (C=O) groups excluding carboxylic acids is 1. The fraction of sp³-hybridized carbons (Fsp3) is 0.562. The number of carbonyl (C=O) groups is 1. The van der Waals surface area contributed by atoms with Gasteiger partial charge in [-0.15, -0.1) is 24.2 Å². The maximum absolute atomic E-state index is 12.1. The van der Waals surface area contributed by atoms with Crippen molar-refractivity contribution >= 4 is 53.3 Å². The lowest BCUT2D eigenvalue weighted by Gasteiger charge is -2.29. The molecular formula is C16H21Cl3N2OS. The van der Waals surface area contributed by atoms with Crippen LogP contribution in [0.3, 0.4) is 0 Å². The van der Waals surface area contributed by atoms with E-state index in [1.54, 1.807) is 17.8 Å². The molecule has 0 aromatic heterocycles. The van der Waals surface area contributed by atoms with Crippen molar-refractivity contribution in [3.63, 3.8) is 0 Å². The zero-order valence-electron chi connectivity index (χ0n) is 12.7. The summed E-state index contributed by atoms with van der Waals surface area (Å²) in [5.41, 5.74) is 1.02. The van der Waals surface area contributed by atoms with Crippen molar-refractivity contribution in [2.24, 2.45) is 0 Å². The number of thioether (sulfide) groups is 1. The van der Waals surface area contributed by atoms with Crippen LogP contribution in [0.4, 0.5) is 0 Å². The fourth-order valence-electron chi connectivity index (χ4n) is 3.34. The highest BCUT2D eigenvalue weighted by molar-refractivity contribution is 7.99. The first kappa shape index (κ1) is 19.2. The summed E-state index contributed by atoms with van der Waals surface area (Å²) in [6, 6.07) is 7.03. The van der Waals surface area contributed by atoms with Crippen molar-refractivity contribution in [3.05, 3.63) is 33.8 Å². The smallest absolute Gasteiger partial charge is 0.230 e. The van der Waals surface area contributed by atoms with E-state index in [2.05, 4.69) is 10.6 Å². The van der Waals surface area contributed by atoms with Gasteiger partial charge in [0, 0.05) is 33.9 Å². The summed E-state index contributed by atoms with van der Waals surface area (Å²) in [5.74, 6) is 1.32. The average Bonchev–Trinajstić information content (AvgIpc) is 2.80. The highest BCUT2D eigenvalue weighted by atomic mass is 35.5. The predicted molar refractivity (Wildman–Crippen MR) is 101 cm³/mol. The molecule has 2 unspecified atom stereocenters. The molecule has 0 saturated carbocycles. The van der Waals surface area contributed by atoms with Crippen molar-refractivity contribution in [3.8, 4) is 0 Å². The Hall–Kier alpha value is -0.130. The molecule has 23 heavy (non-hydrogen) atoms. The van der Waals surface area contributed by atoms with Gasteiger partial charge >= 0.3 is 0 Å². The lowest BCUT2D eigenvalue weighted by Crippen LogP contribution is -2.48. The fourth-order valence-corrected chi connectivity index (χ4v) is 4.73. The van der Waals surface area contributed by atoms with E-state index in [4.69, 9.17) is 23.2 Å². The van der Waals surface area contributed by atoms with Crippen LogP contribution in [-0.2, 0) is 10.5 Å². The van der Waals surface area contributed by atoms with Crippen molar-refractivity contribution in [2.45, 2.75) is 49.6 Å². The number of hydrogen-bond donors (Lipinski definition) is 2. The first-order valence-corrected chi connectivity index (χ1v) is 9.58. The minimum absolute atomic E-state index is 0. The Morgan fingerprint density at radius 2 is 1.96 bits per heavy atom. The summed E-state index contributed by atoms with van der Waals surface area (Å²) in [6.45, 7) is 0. The Bertz CT molecular complexity index is 546. The molecule has 128 valence electrons. The molecule has 1 aromatic rings. The molecular weight excluding hydrogens is 375 g/mol. The van der Waals surface area contributed by atoms with E-state index in [0.29, 0.717) is 33.9 Å². The van der Waals surface area contributed by atoms with Crippen LogP contribution in [0.5, 0.6) is 0 Å². The molecule has 0 radical (unpaired) electrons. The Morgan fingerprint density at radius 1 is 1.26 bits per heavy atom. The Kier molecular flexibility index (Phi) is 7.36. The van der Waals surface area contributed by atoms with Gasteiger partial charge in [-0.25, -0.2) is 0 Å². The molecule has 2 heterocycles. The van der Waals surface area contributed by atoms with E-state index >= 15 is 0 Å². The van der Waals surface area contributed by atoms with Gasteiger partial charge in [0.1, 0.15) is 0 Å². The molecule has 2 fully saturated rings. The monoisotopic (exact) mass is 394 g/mol. The molecule has 2 aliphatic heterocycles. The first-order valence-electron chi connectivity index (χ1n) is 7.67. The molecule has 2 aliphatic rings. The second-order valence-corrected chi connectivity index (χ2v) is 7.93. The van der Waals surface area contributed by atoms with Gasteiger partial charge in [0.2, 0.25) is 5.91 Å². The number of halogens is 3. The average molecular weight is 396 g/mol. The van der Waals surface area contributed by atoms with Crippen molar-refractivity contribution in [2.75, 3.05) is 5.75 Å². The van der Waals surface area contributed by atoms with E-state index in [-0.39, 0.29) is 18.3 Å². The summed E-state index contributed by atoms with van der Waals surface area (Å²) < 4.78 is 0. The van der Waals surface area contributed by atoms with Gasteiger partial charge in [0.05, 0.1) is 5.75 Å². The third kappa shape index (κ3) is 5.43. The third-order valence-electron chi connectivity index (χ3n) is 4.34. The lowest BCUT2D eigenvalue weighted by atomic mass is 10.00. The largest absolute Gasteiger partial charge is 0.353 e. The minimum atomic E-state index is 0. The van der Waals surface area contributed by atoms with Crippen LogP contribution >= 0.6 is 47.4 Å². The molecule has 1 amide bonds. The molecule has 3 rings (SSSR count). The number of hydrogen-bond acceptors (Lipinski definition) is 3. The van der Waals surface area contributed by atoms with E-state index < -0.39 is 0 Å². The predicted octanol–water partition coefficient (Wildman–Crippen LogP) is 4.05. The number of amides is 1. The van der Waals surface area contributed by atoms with Crippen LogP contribution in [0.1, 0.15) is 31.2 Å². The quantitative estimate of drug-likeness (QED) is 0.790. The number of rotatable bonds is 5. The van der Waals surface area contributed by atoms with Gasteiger partial charge in [0.15, 0.2) is 0 Å². The zero-order valence-corrected chi connectivity index (χ0v) is 15.8. The second-order valence-electron chi connectivity index (χ2n) is 6.10. The van der Waals surface area contributed by atoms with E-state index in [0.717, 1.165) is 24.2 Å². The summed E-state index contributed by atoms with van der Waals surface area (Å²) in [4.78, 5) is 12.1. The lowest BCUT2D eigenvalue weighted by molar-refractivity contribution is -0.119. The number of benzene rings is 1. The van der Waals surface area contributed by atoms with E-state index in [1.165, 1.54) is 12.8 Å². The van der Waals surface area contributed by atoms with Gasteiger partial charge in [-0.2, -0.15) is 0 Å². The maximum Gasteiger partial charge on any atom is 0.230 e. The van der Waals surface area contributed by atoms with Crippen LogP contribution in [0, 0.1) is 0 Å². The first-order chi connectivity index (χ1) is 10.6. The highest BCUT2D eigenvalue weighted by Gasteiger charge is 2.33. The normalized spacial score (nSPS) is 25.7. The summed E-state index contributed by atoms with van der Waals surface area (Å²) in [6.07, 6.45) is 4.63. The topological polar surface area (TPSA) is 41.1 Å². The third-order valence-corrected chi connectivity index (χ3v) is 5.91. The number of nitrogens with one attached hydrogen (secondary N) is 2. The second kappa shape index (κ2) is 8.82. The van der Waals surface area contributed by atoms with Gasteiger partial charge in [0.25, 0.3) is 0 Å². The molecule has 0 aliphatic carbocycles. The molecule has 0 spiro atoms. The number of fused-ring (bicyclic) bond motifs is 2. The molecule has 2 bridgehead atoms. The van der Waals surface area contributed by atoms with Crippen LogP contribution in [0.15, 0.2) is 18.2 Å². The molecule has 2 N–H and O–H groups in total. The summed E-state index contributed by atoms with van der Waals surface area (Å²) >= 11 is 13.6. The minimum Gasteiger partial charge on any atom is -0.353 e. The molecule has 1 aromatic carbocycles.